The second-order valence-electron chi connectivity index (χ2n) is 4.68. The van der Waals surface area contributed by atoms with Crippen LogP contribution >= 0.6 is 12.4 Å². The van der Waals surface area contributed by atoms with E-state index in [1.165, 1.54) is 7.05 Å². The molecule has 0 spiro atoms. The largest absolute Gasteiger partial charge is 0.381 e. The Kier molecular flexibility index (Phi) is 9.49. The highest BCUT2D eigenvalue weighted by Crippen LogP contribution is 2.19. The zero-order valence-electron chi connectivity index (χ0n) is 12.1. The van der Waals surface area contributed by atoms with Gasteiger partial charge < -0.3 is 15.8 Å². The van der Waals surface area contributed by atoms with Crippen LogP contribution in [-0.2, 0) is 9.53 Å². The fourth-order valence-corrected chi connectivity index (χ4v) is 2.31. The van der Waals surface area contributed by atoms with Crippen molar-refractivity contribution in [3.05, 3.63) is 0 Å². The molecule has 0 aromatic heterocycles. The number of hydrogen-bond acceptors (Lipinski definition) is 5. The molecular weight excluding hydrogens is 284 g/mol. The lowest BCUT2D eigenvalue weighted by atomic mass is 9.99. The van der Waals surface area contributed by atoms with Gasteiger partial charge in [0.25, 0.3) is 0 Å². The van der Waals surface area contributed by atoms with E-state index >= 15 is 0 Å². The van der Waals surface area contributed by atoms with Crippen LogP contribution in [0.5, 0.6) is 0 Å². The molecule has 0 aromatic carbocycles. The molecule has 7 nitrogen and oxygen atoms in total. The SMILES string of the molecule is CNC(=O)NC(=O)CCN1CCC(OC)CC1CN.Cl. The summed E-state index contributed by atoms with van der Waals surface area (Å²) < 4.78 is 5.35. The lowest BCUT2D eigenvalue weighted by molar-refractivity contribution is -0.120. The fraction of sp³-hybridized carbons (Fsp3) is 0.833. The first-order valence-corrected chi connectivity index (χ1v) is 6.59. The van der Waals surface area contributed by atoms with Gasteiger partial charge in [0.2, 0.25) is 5.91 Å². The van der Waals surface area contributed by atoms with E-state index < -0.39 is 6.03 Å². The maximum Gasteiger partial charge on any atom is 0.321 e. The van der Waals surface area contributed by atoms with Crippen LogP contribution in [0.2, 0.25) is 0 Å². The highest BCUT2D eigenvalue weighted by molar-refractivity contribution is 5.94. The third kappa shape index (κ3) is 6.04. The topological polar surface area (TPSA) is 96.7 Å². The second kappa shape index (κ2) is 9.93. The molecule has 20 heavy (non-hydrogen) atoms. The standard InChI is InChI=1S/C12H24N4O3.ClH/c1-14-12(18)15-11(17)4-6-16-5-3-10(19-2)7-9(16)8-13;/h9-10H,3-8,13H2,1-2H3,(H2,14,15,17,18);1H. The van der Waals surface area contributed by atoms with Gasteiger partial charge in [0.15, 0.2) is 0 Å². The maximum absolute atomic E-state index is 11.5. The van der Waals surface area contributed by atoms with Crippen LogP contribution in [0.1, 0.15) is 19.3 Å². The van der Waals surface area contributed by atoms with Crippen molar-refractivity contribution in [2.45, 2.75) is 31.4 Å². The van der Waals surface area contributed by atoms with Gasteiger partial charge in [-0.05, 0) is 12.8 Å². The average Bonchev–Trinajstić information content (AvgIpc) is 2.44. The van der Waals surface area contributed by atoms with Gasteiger partial charge >= 0.3 is 6.03 Å². The number of ether oxygens (including phenoxy) is 1. The summed E-state index contributed by atoms with van der Waals surface area (Å²) in [6.07, 6.45) is 2.39. The number of methoxy groups -OCH3 is 1. The smallest absolute Gasteiger partial charge is 0.321 e. The molecular formula is C12H25ClN4O3. The number of amides is 3. The van der Waals surface area contributed by atoms with E-state index in [0.29, 0.717) is 19.5 Å². The number of nitrogens with two attached hydrogens (primary N) is 1. The van der Waals surface area contributed by atoms with Crippen molar-refractivity contribution in [1.82, 2.24) is 15.5 Å². The Labute approximate surface area is 126 Å². The van der Waals surface area contributed by atoms with Crippen LogP contribution in [0, 0.1) is 0 Å². The monoisotopic (exact) mass is 308 g/mol. The Bertz CT molecular complexity index is 317. The summed E-state index contributed by atoms with van der Waals surface area (Å²) in [4.78, 5) is 24.7. The van der Waals surface area contributed by atoms with Crippen molar-refractivity contribution in [3.63, 3.8) is 0 Å². The minimum Gasteiger partial charge on any atom is -0.381 e. The third-order valence-electron chi connectivity index (χ3n) is 3.50. The third-order valence-corrected chi connectivity index (χ3v) is 3.50. The Morgan fingerprint density at radius 1 is 1.45 bits per heavy atom. The Morgan fingerprint density at radius 2 is 2.15 bits per heavy atom. The minimum atomic E-state index is -0.474. The normalized spacial score (nSPS) is 22.8. The van der Waals surface area contributed by atoms with Gasteiger partial charge in [0, 0.05) is 46.3 Å². The van der Waals surface area contributed by atoms with Gasteiger partial charge in [-0.3, -0.25) is 15.0 Å². The summed E-state index contributed by atoms with van der Waals surface area (Å²) in [6.45, 7) is 2.03. The molecule has 1 saturated heterocycles. The summed E-state index contributed by atoms with van der Waals surface area (Å²) in [6, 6.07) is -0.232. The molecule has 8 heteroatoms. The summed E-state index contributed by atoms with van der Waals surface area (Å²) in [5.41, 5.74) is 5.76. The number of carbonyl (C=O) groups is 2. The first-order valence-electron chi connectivity index (χ1n) is 6.59. The summed E-state index contributed by atoms with van der Waals surface area (Å²) in [7, 11) is 3.19. The molecule has 0 saturated carbocycles. The number of halogens is 1. The van der Waals surface area contributed by atoms with Gasteiger partial charge in [-0.15, -0.1) is 12.4 Å². The number of rotatable bonds is 5. The number of piperidine rings is 1. The van der Waals surface area contributed by atoms with Gasteiger partial charge in [0.1, 0.15) is 0 Å². The van der Waals surface area contributed by atoms with Crippen molar-refractivity contribution in [3.8, 4) is 0 Å². The molecule has 0 aromatic rings. The highest BCUT2D eigenvalue weighted by atomic mass is 35.5. The first kappa shape index (κ1) is 19.1. The molecule has 1 fully saturated rings. The molecule has 1 aliphatic heterocycles. The lowest BCUT2D eigenvalue weighted by Crippen LogP contribution is -2.49. The van der Waals surface area contributed by atoms with Gasteiger partial charge in [0.05, 0.1) is 6.10 Å². The Morgan fingerprint density at radius 3 is 2.70 bits per heavy atom. The predicted molar refractivity (Wildman–Crippen MR) is 78.9 cm³/mol. The Balaban J connectivity index is 0.00000361. The zero-order chi connectivity index (χ0) is 14.3. The van der Waals surface area contributed by atoms with Crippen LogP contribution in [0.15, 0.2) is 0 Å². The van der Waals surface area contributed by atoms with Crippen LogP contribution in [0.3, 0.4) is 0 Å². The lowest BCUT2D eigenvalue weighted by Gasteiger charge is -2.38. The molecule has 118 valence electrons. The summed E-state index contributed by atoms with van der Waals surface area (Å²) in [5, 5.41) is 4.60. The predicted octanol–water partition coefficient (Wildman–Crippen LogP) is -0.308. The van der Waals surface area contributed by atoms with Crippen molar-refractivity contribution in [1.29, 1.82) is 0 Å². The van der Waals surface area contributed by atoms with E-state index in [1.54, 1.807) is 7.11 Å². The van der Waals surface area contributed by atoms with E-state index in [1.807, 2.05) is 0 Å². The second-order valence-corrected chi connectivity index (χ2v) is 4.68. The van der Waals surface area contributed by atoms with Crippen molar-refractivity contribution in [2.24, 2.45) is 5.73 Å². The molecule has 3 amide bonds. The molecule has 0 radical (unpaired) electrons. The summed E-state index contributed by atoms with van der Waals surface area (Å²) in [5.74, 6) is -0.274. The quantitative estimate of drug-likeness (QED) is 0.647. The fourth-order valence-electron chi connectivity index (χ4n) is 2.31. The number of carbonyl (C=O) groups excluding carboxylic acids is 2. The van der Waals surface area contributed by atoms with E-state index in [4.69, 9.17) is 10.5 Å². The van der Waals surface area contributed by atoms with Gasteiger partial charge in [-0.2, -0.15) is 0 Å². The average molecular weight is 309 g/mol. The number of likely N-dealkylation sites (tertiary alicyclic amines) is 1. The van der Waals surface area contributed by atoms with Crippen LogP contribution in [0.25, 0.3) is 0 Å². The molecule has 4 N–H and O–H groups in total. The zero-order valence-corrected chi connectivity index (χ0v) is 12.9. The van der Waals surface area contributed by atoms with Crippen molar-refractivity contribution >= 4 is 24.3 Å². The Hall–Kier alpha value is -0.890. The first-order chi connectivity index (χ1) is 9.10. The van der Waals surface area contributed by atoms with E-state index in [-0.39, 0.29) is 30.5 Å². The number of hydrogen-bond donors (Lipinski definition) is 3. The summed E-state index contributed by atoms with van der Waals surface area (Å²) >= 11 is 0. The van der Waals surface area contributed by atoms with Crippen LogP contribution < -0.4 is 16.4 Å². The number of imide groups is 1. The maximum atomic E-state index is 11.5. The van der Waals surface area contributed by atoms with E-state index in [2.05, 4.69) is 15.5 Å². The van der Waals surface area contributed by atoms with E-state index in [0.717, 1.165) is 19.4 Å². The molecule has 1 aliphatic rings. The molecule has 0 aliphatic carbocycles. The molecule has 0 bridgehead atoms. The van der Waals surface area contributed by atoms with Crippen LogP contribution in [0.4, 0.5) is 4.79 Å². The van der Waals surface area contributed by atoms with Crippen molar-refractivity contribution in [2.75, 3.05) is 33.8 Å². The van der Waals surface area contributed by atoms with Crippen molar-refractivity contribution < 1.29 is 14.3 Å². The molecule has 1 heterocycles. The highest BCUT2D eigenvalue weighted by Gasteiger charge is 2.27. The molecule has 2 atom stereocenters. The van der Waals surface area contributed by atoms with Gasteiger partial charge in [-0.1, -0.05) is 0 Å². The van der Waals surface area contributed by atoms with Gasteiger partial charge in [-0.25, -0.2) is 4.79 Å². The minimum absolute atomic E-state index is 0. The molecule has 2 unspecified atom stereocenters. The van der Waals surface area contributed by atoms with E-state index in [9.17, 15) is 9.59 Å². The van der Waals surface area contributed by atoms with Crippen LogP contribution in [-0.4, -0.2) is 62.8 Å². The number of urea groups is 1. The number of nitrogens with one attached hydrogen (secondary N) is 2. The molecule has 1 rings (SSSR count). The number of nitrogens with zero attached hydrogens (tertiary/aromatic N) is 1.